The number of aliphatic hydroxyl groups is 1. The maximum absolute atomic E-state index is 9.41. The molecule has 1 fully saturated rings. The summed E-state index contributed by atoms with van der Waals surface area (Å²) in [5.74, 6) is 0. The minimum Gasteiger partial charge on any atom is -0.395 e. The van der Waals surface area contributed by atoms with E-state index in [1.807, 2.05) is 0 Å². The standard InChI is InChI=1S/C13H28N2O/c1-10-6-11(8-15(10)5)14-12(9-16)7-13(2,3)4/h10-12,14,16H,6-9H2,1-5H3. The van der Waals surface area contributed by atoms with Crippen LogP contribution in [0, 0.1) is 5.41 Å². The van der Waals surface area contributed by atoms with Crippen LogP contribution in [-0.2, 0) is 0 Å². The highest BCUT2D eigenvalue weighted by Gasteiger charge is 2.28. The number of hydrogen-bond acceptors (Lipinski definition) is 3. The first-order valence-electron chi connectivity index (χ1n) is 6.39. The van der Waals surface area contributed by atoms with Crippen LogP contribution >= 0.6 is 0 Å². The van der Waals surface area contributed by atoms with Gasteiger partial charge >= 0.3 is 0 Å². The number of rotatable bonds is 4. The van der Waals surface area contributed by atoms with E-state index in [1.165, 1.54) is 6.42 Å². The molecule has 0 aliphatic carbocycles. The van der Waals surface area contributed by atoms with Gasteiger partial charge in [-0.25, -0.2) is 0 Å². The van der Waals surface area contributed by atoms with Crippen molar-refractivity contribution in [3.63, 3.8) is 0 Å². The Kier molecular flexibility index (Phi) is 4.77. The Morgan fingerprint density at radius 1 is 1.44 bits per heavy atom. The molecule has 3 unspecified atom stereocenters. The zero-order valence-corrected chi connectivity index (χ0v) is 11.5. The molecule has 3 nitrogen and oxygen atoms in total. The lowest BCUT2D eigenvalue weighted by atomic mass is 9.88. The number of likely N-dealkylation sites (tertiary alicyclic amines) is 1. The van der Waals surface area contributed by atoms with E-state index in [0.717, 1.165) is 13.0 Å². The lowest BCUT2D eigenvalue weighted by Gasteiger charge is -2.28. The Bertz CT molecular complexity index is 202. The Balaban J connectivity index is 2.40. The van der Waals surface area contributed by atoms with E-state index in [1.54, 1.807) is 0 Å². The molecule has 0 amide bonds. The third-order valence-electron chi connectivity index (χ3n) is 3.44. The van der Waals surface area contributed by atoms with E-state index in [2.05, 4.69) is 45.0 Å². The molecule has 0 radical (unpaired) electrons. The Morgan fingerprint density at radius 2 is 2.06 bits per heavy atom. The SMILES string of the molecule is CC1CC(NC(CO)CC(C)(C)C)CN1C. The van der Waals surface area contributed by atoms with Crippen molar-refractivity contribution in [2.45, 2.75) is 58.7 Å². The van der Waals surface area contributed by atoms with Gasteiger partial charge in [-0.3, -0.25) is 0 Å². The molecule has 2 N–H and O–H groups in total. The molecule has 1 heterocycles. The van der Waals surface area contributed by atoms with E-state index in [-0.39, 0.29) is 18.1 Å². The first kappa shape index (κ1) is 13.9. The predicted molar refractivity (Wildman–Crippen MR) is 68.6 cm³/mol. The van der Waals surface area contributed by atoms with Crippen molar-refractivity contribution in [1.29, 1.82) is 0 Å². The molecule has 96 valence electrons. The van der Waals surface area contributed by atoms with Crippen molar-refractivity contribution < 1.29 is 5.11 Å². The van der Waals surface area contributed by atoms with Crippen molar-refractivity contribution in [2.75, 3.05) is 20.2 Å². The van der Waals surface area contributed by atoms with Crippen LogP contribution < -0.4 is 5.32 Å². The van der Waals surface area contributed by atoms with Crippen LogP contribution in [0.4, 0.5) is 0 Å². The predicted octanol–water partition coefficient (Wildman–Crippen LogP) is 1.47. The largest absolute Gasteiger partial charge is 0.395 e. The van der Waals surface area contributed by atoms with Crippen LogP contribution in [0.2, 0.25) is 0 Å². The molecule has 0 aromatic carbocycles. The minimum atomic E-state index is 0.240. The van der Waals surface area contributed by atoms with Gasteiger partial charge < -0.3 is 15.3 Å². The third kappa shape index (κ3) is 4.40. The van der Waals surface area contributed by atoms with Crippen molar-refractivity contribution in [2.24, 2.45) is 5.41 Å². The van der Waals surface area contributed by atoms with Gasteiger partial charge in [-0.1, -0.05) is 20.8 Å². The summed E-state index contributed by atoms with van der Waals surface area (Å²) in [7, 11) is 2.17. The van der Waals surface area contributed by atoms with Gasteiger partial charge in [-0.2, -0.15) is 0 Å². The quantitative estimate of drug-likeness (QED) is 0.765. The molecular weight excluding hydrogens is 200 g/mol. The molecule has 0 bridgehead atoms. The monoisotopic (exact) mass is 228 g/mol. The molecule has 0 saturated carbocycles. The molecule has 1 aliphatic rings. The fourth-order valence-corrected chi connectivity index (χ4v) is 2.56. The molecule has 3 heteroatoms. The highest BCUT2D eigenvalue weighted by Crippen LogP contribution is 2.22. The van der Waals surface area contributed by atoms with Gasteiger partial charge in [-0.15, -0.1) is 0 Å². The summed E-state index contributed by atoms with van der Waals surface area (Å²) >= 11 is 0. The van der Waals surface area contributed by atoms with Gasteiger partial charge in [0.05, 0.1) is 6.61 Å². The Labute approximate surface area is 100 Å². The normalized spacial score (nSPS) is 29.6. The fraction of sp³-hybridized carbons (Fsp3) is 1.00. The average molecular weight is 228 g/mol. The minimum absolute atomic E-state index is 0.240. The van der Waals surface area contributed by atoms with E-state index >= 15 is 0 Å². The van der Waals surface area contributed by atoms with E-state index in [4.69, 9.17) is 0 Å². The molecule has 1 aliphatic heterocycles. The molecule has 3 atom stereocenters. The van der Waals surface area contributed by atoms with E-state index in [9.17, 15) is 5.11 Å². The van der Waals surface area contributed by atoms with Crippen LogP contribution in [0.5, 0.6) is 0 Å². The van der Waals surface area contributed by atoms with E-state index < -0.39 is 0 Å². The molecule has 0 aromatic heterocycles. The van der Waals surface area contributed by atoms with Crippen molar-refractivity contribution >= 4 is 0 Å². The molecule has 1 saturated heterocycles. The molecule has 1 rings (SSSR count). The first-order chi connectivity index (χ1) is 7.31. The van der Waals surface area contributed by atoms with Crippen LogP contribution in [-0.4, -0.2) is 48.3 Å². The number of likely N-dealkylation sites (N-methyl/N-ethyl adjacent to an activating group) is 1. The van der Waals surface area contributed by atoms with Gasteiger partial charge in [0.25, 0.3) is 0 Å². The molecule has 0 spiro atoms. The van der Waals surface area contributed by atoms with Gasteiger partial charge in [0.1, 0.15) is 0 Å². The Morgan fingerprint density at radius 3 is 2.44 bits per heavy atom. The third-order valence-corrected chi connectivity index (χ3v) is 3.44. The van der Waals surface area contributed by atoms with Crippen molar-refractivity contribution in [3.8, 4) is 0 Å². The fourth-order valence-electron chi connectivity index (χ4n) is 2.56. The number of nitrogens with one attached hydrogen (secondary N) is 1. The maximum atomic E-state index is 9.41. The number of nitrogens with zero attached hydrogens (tertiary/aromatic N) is 1. The van der Waals surface area contributed by atoms with Crippen molar-refractivity contribution in [1.82, 2.24) is 10.2 Å². The summed E-state index contributed by atoms with van der Waals surface area (Å²) in [4.78, 5) is 2.38. The number of hydrogen-bond donors (Lipinski definition) is 2. The van der Waals surface area contributed by atoms with Crippen LogP contribution in [0.25, 0.3) is 0 Å². The topological polar surface area (TPSA) is 35.5 Å². The first-order valence-corrected chi connectivity index (χ1v) is 6.39. The summed E-state index contributed by atoms with van der Waals surface area (Å²) in [5.41, 5.74) is 0.274. The zero-order chi connectivity index (χ0) is 12.3. The smallest absolute Gasteiger partial charge is 0.0584 e. The van der Waals surface area contributed by atoms with Crippen LogP contribution in [0.3, 0.4) is 0 Å². The van der Waals surface area contributed by atoms with Crippen LogP contribution in [0.1, 0.15) is 40.5 Å². The molecule has 16 heavy (non-hydrogen) atoms. The summed E-state index contributed by atoms with van der Waals surface area (Å²) in [5, 5.41) is 13.0. The highest BCUT2D eigenvalue weighted by atomic mass is 16.3. The zero-order valence-electron chi connectivity index (χ0n) is 11.5. The summed E-state index contributed by atoms with van der Waals surface area (Å²) in [6, 6.07) is 1.44. The van der Waals surface area contributed by atoms with Crippen LogP contribution in [0.15, 0.2) is 0 Å². The summed E-state index contributed by atoms with van der Waals surface area (Å²) < 4.78 is 0. The second kappa shape index (κ2) is 5.48. The Hall–Kier alpha value is -0.120. The maximum Gasteiger partial charge on any atom is 0.0584 e. The molecule has 0 aromatic rings. The summed E-state index contributed by atoms with van der Waals surface area (Å²) in [6.07, 6.45) is 2.22. The average Bonchev–Trinajstić information content (AvgIpc) is 2.42. The van der Waals surface area contributed by atoms with Gasteiger partial charge in [0.2, 0.25) is 0 Å². The number of aliphatic hydroxyl groups excluding tert-OH is 1. The second-order valence-electron chi connectivity index (χ2n) is 6.53. The van der Waals surface area contributed by atoms with Gasteiger partial charge in [-0.05, 0) is 32.2 Å². The van der Waals surface area contributed by atoms with E-state index in [0.29, 0.717) is 12.1 Å². The van der Waals surface area contributed by atoms with Gasteiger partial charge in [0.15, 0.2) is 0 Å². The van der Waals surface area contributed by atoms with Gasteiger partial charge in [0, 0.05) is 24.7 Å². The lowest BCUT2D eigenvalue weighted by Crippen LogP contribution is -2.43. The lowest BCUT2D eigenvalue weighted by molar-refractivity contribution is 0.188. The van der Waals surface area contributed by atoms with Crippen molar-refractivity contribution in [3.05, 3.63) is 0 Å². The summed E-state index contributed by atoms with van der Waals surface area (Å²) in [6.45, 7) is 10.3. The highest BCUT2D eigenvalue weighted by molar-refractivity contribution is 4.88. The second-order valence-corrected chi connectivity index (χ2v) is 6.53. The molecular formula is C13H28N2O.